The van der Waals surface area contributed by atoms with Crippen LogP contribution in [0.2, 0.25) is 0 Å². The van der Waals surface area contributed by atoms with Gasteiger partial charge in [0.15, 0.2) is 11.5 Å². The Morgan fingerprint density at radius 2 is 1.89 bits per heavy atom. The predicted octanol–water partition coefficient (Wildman–Crippen LogP) is 2.40. The van der Waals surface area contributed by atoms with Gasteiger partial charge in [0.1, 0.15) is 16.9 Å². The van der Waals surface area contributed by atoms with E-state index in [1.165, 1.54) is 12.8 Å². The van der Waals surface area contributed by atoms with Crippen molar-refractivity contribution in [1.82, 2.24) is 29.5 Å². The first kappa shape index (κ1) is 15.4. The molecule has 4 heterocycles. The second-order valence-electron chi connectivity index (χ2n) is 8.03. The Bertz CT molecular complexity index is 1050. The molecular weight excluding hydrogens is 342 g/mol. The van der Waals surface area contributed by atoms with Crippen LogP contribution in [0.5, 0.6) is 0 Å². The van der Waals surface area contributed by atoms with Gasteiger partial charge in [0.25, 0.3) is 0 Å². The molecule has 2 saturated carbocycles. The Balaban J connectivity index is 1.59. The molecule has 0 spiro atoms. The topological polar surface area (TPSA) is 105 Å². The fraction of sp³-hybridized carbons (Fsp3) is 0.526. The summed E-state index contributed by atoms with van der Waals surface area (Å²) in [4.78, 5) is 23.0. The van der Waals surface area contributed by atoms with Crippen LogP contribution in [0.15, 0.2) is 12.4 Å². The van der Waals surface area contributed by atoms with Gasteiger partial charge in [-0.1, -0.05) is 0 Å². The molecule has 3 aromatic rings. The smallest absolute Gasteiger partial charge is 0.219 e. The van der Waals surface area contributed by atoms with Crippen molar-refractivity contribution in [2.45, 2.75) is 50.7 Å². The summed E-state index contributed by atoms with van der Waals surface area (Å²) in [5.74, 6) is 2.92. The van der Waals surface area contributed by atoms with Crippen molar-refractivity contribution in [1.29, 1.82) is 0 Å². The van der Waals surface area contributed by atoms with E-state index in [0.717, 1.165) is 47.6 Å². The fourth-order valence-corrected chi connectivity index (χ4v) is 4.18. The van der Waals surface area contributed by atoms with Crippen LogP contribution < -0.4 is 5.73 Å². The Morgan fingerprint density at radius 1 is 1.11 bits per heavy atom. The molecule has 0 amide bonds. The van der Waals surface area contributed by atoms with E-state index in [9.17, 15) is 0 Å². The lowest BCUT2D eigenvalue weighted by molar-refractivity contribution is -0.0829. The summed E-state index contributed by atoms with van der Waals surface area (Å²) in [6.07, 6.45) is 8.09. The molecule has 8 heteroatoms. The van der Waals surface area contributed by atoms with Gasteiger partial charge in [-0.25, -0.2) is 24.9 Å². The third kappa shape index (κ3) is 2.29. The molecule has 1 aliphatic heterocycles. The van der Waals surface area contributed by atoms with E-state index in [2.05, 4.69) is 21.5 Å². The van der Waals surface area contributed by atoms with E-state index in [4.69, 9.17) is 25.4 Å². The van der Waals surface area contributed by atoms with Crippen LogP contribution in [-0.2, 0) is 16.9 Å². The molecule has 6 rings (SSSR count). The van der Waals surface area contributed by atoms with Crippen LogP contribution in [0.4, 0.5) is 5.95 Å². The van der Waals surface area contributed by atoms with E-state index in [-0.39, 0.29) is 11.5 Å². The molecule has 1 atom stereocenters. The van der Waals surface area contributed by atoms with Gasteiger partial charge < -0.3 is 15.0 Å². The number of anilines is 1. The van der Waals surface area contributed by atoms with Gasteiger partial charge >= 0.3 is 0 Å². The van der Waals surface area contributed by atoms with Crippen molar-refractivity contribution in [3.05, 3.63) is 23.9 Å². The van der Waals surface area contributed by atoms with Crippen molar-refractivity contribution >= 4 is 17.1 Å². The number of hydrogen-bond acceptors (Lipinski definition) is 7. The Labute approximate surface area is 156 Å². The predicted molar refractivity (Wildman–Crippen MR) is 98.8 cm³/mol. The van der Waals surface area contributed by atoms with Gasteiger partial charge in [0.2, 0.25) is 5.95 Å². The fourth-order valence-electron chi connectivity index (χ4n) is 4.18. The van der Waals surface area contributed by atoms with Gasteiger partial charge in [-0.3, -0.25) is 0 Å². The number of ether oxygens (including phenoxy) is 1. The lowest BCUT2D eigenvalue weighted by Gasteiger charge is -2.34. The van der Waals surface area contributed by atoms with Crippen molar-refractivity contribution in [2.24, 2.45) is 5.92 Å². The number of imidazole rings is 1. The molecule has 8 nitrogen and oxygen atoms in total. The summed E-state index contributed by atoms with van der Waals surface area (Å²) in [7, 11) is 0. The number of aromatic nitrogens is 6. The highest BCUT2D eigenvalue weighted by Gasteiger charge is 2.49. The highest BCUT2D eigenvalue weighted by Crippen LogP contribution is 2.50. The maximum Gasteiger partial charge on any atom is 0.219 e. The van der Waals surface area contributed by atoms with E-state index >= 15 is 0 Å². The van der Waals surface area contributed by atoms with Gasteiger partial charge in [-0.05, 0) is 38.5 Å². The van der Waals surface area contributed by atoms with E-state index in [0.29, 0.717) is 24.3 Å². The van der Waals surface area contributed by atoms with Crippen LogP contribution in [0.3, 0.4) is 0 Å². The standard InChI is InChI=1S/C19H21N7O/c1-19(12-4-5-12)17-24-14-13(10-2-3-10)23-15(11-8-21-18(20)22-9-11)25-16(14)26(17)6-7-27-19/h8-10,12H,2-7H2,1H3,(H2,20,21,22)/t19-/m1/s1. The van der Waals surface area contributed by atoms with Crippen LogP contribution >= 0.6 is 0 Å². The summed E-state index contributed by atoms with van der Waals surface area (Å²) >= 11 is 0. The zero-order chi connectivity index (χ0) is 18.2. The maximum atomic E-state index is 6.22. The minimum atomic E-state index is -0.315. The molecule has 3 aliphatic rings. The van der Waals surface area contributed by atoms with Crippen molar-refractivity contribution in [3.63, 3.8) is 0 Å². The average Bonchev–Trinajstić information content (AvgIpc) is 3.58. The summed E-state index contributed by atoms with van der Waals surface area (Å²) in [6, 6.07) is 0. The first-order chi connectivity index (χ1) is 13.1. The molecule has 138 valence electrons. The summed E-state index contributed by atoms with van der Waals surface area (Å²) in [6.45, 7) is 3.64. The molecule has 27 heavy (non-hydrogen) atoms. The summed E-state index contributed by atoms with van der Waals surface area (Å²) in [5, 5.41) is 0. The summed E-state index contributed by atoms with van der Waals surface area (Å²) < 4.78 is 8.47. The zero-order valence-electron chi connectivity index (χ0n) is 15.2. The summed E-state index contributed by atoms with van der Waals surface area (Å²) in [5.41, 5.74) is 8.98. The second-order valence-corrected chi connectivity index (χ2v) is 8.03. The zero-order valence-corrected chi connectivity index (χ0v) is 15.2. The molecular formula is C19H21N7O. The maximum absolute atomic E-state index is 6.22. The Hall–Kier alpha value is -2.61. The van der Waals surface area contributed by atoms with Crippen LogP contribution in [0, 0.1) is 5.92 Å². The van der Waals surface area contributed by atoms with E-state index < -0.39 is 0 Å². The van der Waals surface area contributed by atoms with Crippen molar-refractivity contribution in [2.75, 3.05) is 12.3 Å². The van der Waals surface area contributed by atoms with Gasteiger partial charge in [-0.2, -0.15) is 0 Å². The molecule has 0 bridgehead atoms. The number of hydrogen-bond donors (Lipinski definition) is 1. The van der Waals surface area contributed by atoms with Crippen molar-refractivity contribution in [3.8, 4) is 11.4 Å². The Kier molecular flexibility index (Phi) is 2.99. The lowest BCUT2D eigenvalue weighted by Crippen LogP contribution is -2.38. The van der Waals surface area contributed by atoms with Gasteiger partial charge in [0.05, 0.1) is 17.9 Å². The van der Waals surface area contributed by atoms with Crippen LogP contribution in [0.1, 0.15) is 50.0 Å². The molecule has 2 fully saturated rings. The van der Waals surface area contributed by atoms with E-state index in [1.54, 1.807) is 12.4 Å². The SMILES string of the molecule is C[C@]1(C2CC2)OCCn2c1nc1c(C3CC3)nc(-c3cnc(N)nc3)nc12. The number of nitrogens with zero attached hydrogens (tertiary/aromatic N) is 6. The monoisotopic (exact) mass is 363 g/mol. The third-order valence-electron chi connectivity index (χ3n) is 6.03. The first-order valence-corrected chi connectivity index (χ1v) is 9.64. The third-order valence-corrected chi connectivity index (χ3v) is 6.03. The number of fused-ring (bicyclic) bond motifs is 3. The largest absolute Gasteiger partial charge is 0.368 e. The molecule has 0 unspecified atom stereocenters. The number of nitrogens with two attached hydrogens (primary N) is 1. The van der Waals surface area contributed by atoms with Crippen LogP contribution in [-0.4, -0.2) is 36.1 Å². The van der Waals surface area contributed by atoms with Crippen LogP contribution in [0.25, 0.3) is 22.6 Å². The highest BCUT2D eigenvalue weighted by molar-refractivity contribution is 5.78. The van der Waals surface area contributed by atoms with Gasteiger partial charge in [-0.15, -0.1) is 0 Å². The Morgan fingerprint density at radius 3 is 2.59 bits per heavy atom. The molecule has 0 aromatic carbocycles. The molecule has 2 aliphatic carbocycles. The average molecular weight is 363 g/mol. The van der Waals surface area contributed by atoms with Crippen molar-refractivity contribution < 1.29 is 4.74 Å². The number of nitrogen functional groups attached to an aromatic ring is 1. The number of rotatable bonds is 3. The van der Waals surface area contributed by atoms with E-state index in [1.807, 2.05) is 0 Å². The lowest BCUT2D eigenvalue weighted by atomic mass is 9.98. The van der Waals surface area contributed by atoms with Gasteiger partial charge in [0, 0.05) is 24.9 Å². The second kappa shape index (κ2) is 5.22. The molecule has 0 saturated heterocycles. The highest BCUT2D eigenvalue weighted by atomic mass is 16.5. The minimum absolute atomic E-state index is 0.251. The molecule has 2 N–H and O–H groups in total. The molecule has 0 radical (unpaired) electrons. The quantitative estimate of drug-likeness (QED) is 0.762. The normalized spacial score (nSPS) is 24.9. The molecule has 3 aromatic heterocycles. The minimum Gasteiger partial charge on any atom is -0.368 e. The first-order valence-electron chi connectivity index (χ1n) is 9.64.